The van der Waals surface area contributed by atoms with E-state index in [-0.39, 0.29) is 18.4 Å². The molecule has 5 nitrogen and oxygen atoms in total. The van der Waals surface area contributed by atoms with E-state index in [4.69, 9.17) is 0 Å². The van der Waals surface area contributed by atoms with Gasteiger partial charge in [0, 0.05) is 13.1 Å². The van der Waals surface area contributed by atoms with Gasteiger partial charge in [-0.05, 0) is 19.4 Å². The number of hydrogen-bond donors (Lipinski definition) is 0. The summed E-state index contributed by atoms with van der Waals surface area (Å²) in [4.78, 5) is 27.1. The van der Waals surface area contributed by atoms with E-state index in [9.17, 15) is 9.59 Å². The highest BCUT2D eigenvalue weighted by atomic mass is 16.5. The molecule has 110 valence electrons. The zero-order chi connectivity index (χ0) is 14.3. The van der Waals surface area contributed by atoms with Crippen LogP contribution in [0.5, 0.6) is 0 Å². The molecule has 1 fully saturated rings. The summed E-state index contributed by atoms with van der Waals surface area (Å²) in [6.07, 6.45) is 5.91. The number of nitrogens with zero attached hydrogens (tertiary/aromatic N) is 2. The SMILES string of the molecule is CCN(CC(=O)OC)CC(=O)N(C)C1CCCCC1. The second-order valence-corrected chi connectivity index (χ2v) is 5.18. The Morgan fingerprint density at radius 2 is 1.79 bits per heavy atom. The van der Waals surface area contributed by atoms with Crippen molar-refractivity contribution < 1.29 is 14.3 Å². The summed E-state index contributed by atoms with van der Waals surface area (Å²) >= 11 is 0. The van der Waals surface area contributed by atoms with Crippen molar-refractivity contribution >= 4 is 11.9 Å². The van der Waals surface area contributed by atoms with Crippen molar-refractivity contribution in [1.82, 2.24) is 9.80 Å². The molecule has 1 aliphatic rings. The van der Waals surface area contributed by atoms with Gasteiger partial charge >= 0.3 is 5.97 Å². The fourth-order valence-electron chi connectivity index (χ4n) is 2.50. The van der Waals surface area contributed by atoms with Crippen LogP contribution in [-0.2, 0) is 14.3 Å². The van der Waals surface area contributed by atoms with Crippen LogP contribution in [-0.4, -0.2) is 61.5 Å². The van der Waals surface area contributed by atoms with Crippen molar-refractivity contribution in [2.24, 2.45) is 0 Å². The minimum Gasteiger partial charge on any atom is -0.468 e. The summed E-state index contributed by atoms with van der Waals surface area (Å²) in [6, 6.07) is 0.373. The summed E-state index contributed by atoms with van der Waals surface area (Å²) in [5, 5.41) is 0. The third kappa shape index (κ3) is 5.19. The molecule has 0 aromatic carbocycles. The number of amides is 1. The monoisotopic (exact) mass is 270 g/mol. The van der Waals surface area contributed by atoms with Crippen molar-refractivity contribution in [2.75, 3.05) is 33.8 Å². The van der Waals surface area contributed by atoms with E-state index < -0.39 is 0 Å². The fraction of sp³-hybridized carbons (Fsp3) is 0.857. The third-order valence-electron chi connectivity index (χ3n) is 3.90. The first-order chi connectivity index (χ1) is 9.08. The van der Waals surface area contributed by atoms with Crippen molar-refractivity contribution in [2.45, 2.75) is 45.1 Å². The average molecular weight is 270 g/mol. The third-order valence-corrected chi connectivity index (χ3v) is 3.90. The Kier molecular flexibility index (Phi) is 6.84. The lowest BCUT2D eigenvalue weighted by atomic mass is 9.94. The standard InChI is InChI=1S/C14H26N2O3/c1-4-16(11-14(18)19-3)10-13(17)15(2)12-8-6-5-7-9-12/h12H,4-11H2,1-3H3. The number of carbonyl (C=O) groups is 2. The van der Waals surface area contributed by atoms with E-state index in [0.717, 1.165) is 12.8 Å². The highest BCUT2D eigenvalue weighted by Crippen LogP contribution is 2.21. The van der Waals surface area contributed by atoms with Gasteiger partial charge in [0.25, 0.3) is 0 Å². The van der Waals surface area contributed by atoms with E-state index in [0.29, 0.717) is 19.1 Å². The molecule has 1 aliphatic carbocycles. The largest absolute Gasteiger partial charge is 0.468 e. The van der Waals surface area contributed by atoms with Crippen LogP contribution >= 0.6 is 0 Å². The first-order valence-corrected chi connectivity index (χ1v) is 7.13. The maximum Gasteiger partial charge on any atom is 0.319 e. The number of carbonyl (C=O) groups excluding carboxylic acids is 2. The van der Waals surface area contributed by atoms with Gasteiger partial charge in [-0.3, -0.25) is 14.5 Å². The molecule has 0 bridgehead atoms. The molecule has 0 aromatic heterocycles. The quantitative estimate of drug-likeness (QED) is 0.682. The minimum atomic E-state index is -0.296. The Morgan fingerprint density at radius 3 is 2.32 bits per heavy atom. The lowest BCUT2D eigenvalue weighted by Crippen LogP contribution is -2.45. The number of hydrogen-bond acceptors (Lipinski definition) is 4. The summed E-state index contributed by atoms with van der Waals surface area (Å²) in [7, 11) is 3.25. The molecule has 0 radical (unpaired) electrons. The molecule has 0 saturated heterocycles. The second kappa shape index (κ2) is 8.15. The molecule has 1 saturated carbocycles. The number of rotatable bonds is 6. The lowest BCUT2D eigenvalue weighted by Gasteiger charge is -2.32. The van der Waals surface area contributed by atoms with Crippen molar-refractivity contribution in [1.29, 1.82) is 0 Å². The minimum absolute atomic E-state index is 0.0950. The first kappa shape index (κ1) is 16.0. The summed E-state index contributed by atoms with van der Waals surface area (Å²) in [5.74, 6) is -0.201. The van der Waals surface area contributed by atoms with Crippen molar-refractivity contribution in [3.63, 3.8) is 0 Å². The highest BCUT2D eigenvalue weighted by Gasteiger charge is 2.23. The van der Waals surface area contributed by atoms with Crippen LogP contribution in [0.15, 0.2) is 0 Å². The normalized spacial score (nSPS) is 16.4. The maximum absolute atomic E-state index is 12.2. The Bertz CT molecular complexity index is 301. The molecule has 1 rings (SSSR count). The van der Waals surface area contributed by atoms with Crippen LogP contribution in [0, 0.1) is 0 Å². The van der Waals surface area contributed by atoms with E-state index in [2.05, 4.69) is 4.74 Å². The van der Waals surface area contributed by atoms with E-state index in [1.165, 1.54) is 26.4 Å². The second-order valence-electron chi connectivity index (χ2n) is 5.18. The zero-order valence-electron chi connectivity index (χ0n) is 12.4. The van der Waals surface area contributed by atoms with Gasteiger partial charge in [-0.2, -0.15) is 0 Å². The maximum atomic E-state index is 12.2. The molecule has 1 amide bonds. The van der Waals surface area contributed by atoms with E-state index >= 15 is 0 Å². The molecule has 0 aliphatic heterocycles. The van der Waals surface area contributed by atoms with Gasteiger partial charge in [-0.25, -0.2) is 0 Å². The van der Waals surface area contributed by atoms with Gasteiger partial charge in [0.05, 0.1) is 20.2 Å². The van der Waals surface area contributed by atoms with Gasteiger partial charge in [0.15, 0.2) is 0 Å². The topological polar surface area (TPSA) is 49.9 Å². The Hall–Kier alpha value is -1.10. The molecular weight excluding hydrogens is 244 g/mol. The fourth-order valence-corrected chi connectivity index (χ4v) is 2.50. The van der Waals surface area contributed by atoms with Gasteiger partial charge in [0.1, 0.15) is 0 Å². The zero-order valence-corrected chi connectivity index (χ0v) is 12.4. The van der Waals surface area contributed by atoms with E-state index in [1.54, 1.807) is 0 Å². The number of esters is 1. The molecule has 0 unspecified atom stereocenters. The molecular formula is C14H26N2O3. The smallest absolute Gasteiger partial charge is 0.319 e. The Morgan fingerprint density at radius 1 is 1.16 bits per heavy atom. The highest BCUT2D eigenvalue weighted by molar-refractivity contribution is 5.79. The average Bonchev–Trinajstić information content (AvgIpc) is 2.46. The number of ether oxygens (including phenoxy) is 1. The predicted molar refractivity (Wildman–Crippen MR) is 73.8 cm³/mol. The summed E-state index contributed by atoms with van der Waals surface area (Å²) in [5.41, 5.74) is 0. The van der Waals surface area contributed by atoms with E-state index in [1.807, 2.05) is 23.8 Å². The van der Waals surface area contributed by atoms with Crippen LogP contribution in [0.2, 0.25) is 0 Å². The van der Waals surface area contributed by atoms with Gasteiger partial charge in [0.2, 0.25) is 5.91 Å². The molecule has 0 heterocycles. The molecule has 0 aromatic rings. The summed E-state index contributed by atoms with van der Waals surface area (Å²) < 4.78 is 4.64. The molecule has 0 spiro atoms. The van der Waals surface area contributed by atoms with Crippen LogP contribution < -0.4 is 0 Å². The molecule has 19 heavy (non-hydrogen) atoms. The van der Waals surface area contributed by atoms with Crippen molar-refractivity contribution in [3.05, 3.63) is 0 Å². The first-order valence-electron chi connectivity index (χ1n) is 7.13. The van der Waals surface area contributed by atoms with Gasteiger partial charge < -0.3 is 9.64 Å². The number of likely N-dealkylation sites (N-methyl/N-ethyl adjacent to an activating group) is 2. The Labute approximate surface area is 115 Å². The van der Waals surface area contributed by atoms with Crippen LogP contribution in [0.3, 0.4) is 0 Å². The molecule has 0 atom stereocenters. The van der Waals surface area contributed by atoms with Crippen LogP contribution in [0.1, 0.15) is 39.0 Å². The molecule has 5 heteroatoms. The van der Waals surface area contributed by atoms with Gasteiger partial charge in [-0.1, -0.05) is 26.2 Å². The van der Waals surface area contributed by atoms with Crippen LogP contribution in [0.4, 0.5) is 0 Å². The molecule has 0 N–H and O–H groups in total. The predicted octanol–water partition coefficient (Wildman–Crippen LogP) is 1.27. The van der Waals surface area contributed by atoms with Crippen molar-refractivity contribution in [3.8, 4) is 0 Å². The van der Waals surface area contributed by atoms with Gasteiger partial charge in [-0.15, -0.1) is 0 Å². The lowest BCUT2D eigenvalue weighted by molar-refractivity contribution is -0.143. The Balaban J connectivity index is 2.44. The summed E-state index contributed by atoms with van der Waals surface area (Å²) in [6.45, 7) is 3.08. The number of methoxy groups -OCH3 is 1. The van der Waals surface area contributed by atoms with Crippen LogP contribution in [0.25, 0.3) is 0 Å².